The number of aromatic nitrogens is 1. The van der Waals surface area contributed by atoms with Crippen LogP contribution in [0.1, 0.15) is 0 Å². The van der Waals surface area contributed by atoms with Gasteiger partial charge in [-0.1, -0.05) is 0 Å². The lowest BCUT2D eigenvalue weighted by atomic mass is 10.3. The molecule has 8 heteroatoms. The molecule has 19 heavy (non-hydrogen) atoms. The number of hydrogen-bond donors (Lipinski definition) is 2. The summed E-state index contributed by atoms with van der Waals surface area (Å²) in [4.78, 5) is 13.1. The number of halogens is 2. The van der Waals surface area contributed by atoms with Crippen LogP contribution in [0.2, 0.25) is 0 Å². The third kappa shape index (κ3) is 2.79. The van der Waals surface area contributed by atoms with Crippen molar-refractivity contribution in [3.63, 3.8) is 0 Å². The highest BCUT2D eigenvalue weighted by molar-refractivity contribution is 7.92. The molecule has 0 aliphatic heterocycles. The Morgan fingerprint density at radius 3 is 2.47 bits per heavy atom. The van der Waals surface area contributed by atoms with Gasteiger partial charge in [0.2, 0.25) is 0 Å². The monoisotopic (exact) mass is 286 g/mol. The van der Waals surface area contributed by atoms with Crippen LogP contribution < -0.4 is 10.3 Å². The Kier molecular flexibility index (Phi) is 3.34. The summed E-state index contributed by atoms with van der Waals surface area (Å²) in [6, 6.07) is 4.80. The zero-order valence-corrected chi connectivity index (χ0v) is 10.2. The molecule has 0 atom stereocenters. The number of hydrogen-bond acceptors (Lipinski definition) is 3. The van der Waals surface area contributed by atoms with Gasteiger partial charge in [0.15, 0.2) is 11.6 Å². The average molecular weight is 286 g/mol. The van der Waals surface area contributed by atoms with Crippen molar-refractivity contribution < 1.29 is 17.2 Å². The minimum Gasteiger partial charge on any atom is -0.327 e. The molecule has 0 fully saturated rings. The number of aromatic amines is 1. The fourth-order valence-electron chi connectivity index (χ4n) is 1.35. The third-order valence-electron chi connectivity index (χ3n) is 2.26. The molecule has 1 aromatic carbocycles. The van der Waals surface area contributed by atoms with Crippen LogP contribution in [-0.2, 0) is 10.0 Å². The van der Waals surface area contributed by atoms with Crippen molar-refractivity contribution >= 4 is 15.7 Å². The molecule has 2 N–H and O–H groups in total. The molecular weight excluding hydrogens is 278 g/mol. The van der Waals surface area contributed by atoms with Crippen LogP contribution in [0.3, 0.4) is 0 Å². The van der Waals surface area contributed by atoms with Gasteiger partial charge >= 0.3 is 0 Å². The Bertz CT molecular complexity index is 772. The van der Waals surface area contributed by atoms with Gasteiger partial charge in [0.05, 0.1) is 4.90 Å². The van der Waals surface area contributed by atoms with E-state index in [4.69, 9.17) is 0 Å². The zero-order chi connectivity index (χ0) is 14.0. The summed E-state index contributed by atoms with van der Waals surface area (Å²) in [6.07, 6.45) is 1.33. The Labute approximate surface area is 107 Å². The molecule has 0 spiro atoms. The highest BCUT2D eigenvalue weighted by Gasteiger charge is 2.17. The average Bonchev–Trinajstić information content (AvgIpc) is 2.35. The van der Waals surface area contributed by atoms with Crippen LogP contribution in [0.5, 0.6) is 0 Å². The number of benzene rings is 1. The molecule has 2 aromatic rings. The third-order valence-corrected chi connectivity index (χ3v) is 3.63. The summed E-state index contributed by atoms with van der Waals surface area (Å²) in [5.74, 6) is -2.44. The molecule has 0 aliphatic carbocycles. The summed E-state index contributed by atoms with van der Waals surface area (Å²) in [5.41, 5.74) is -0.860. The smallest absolute Gasteiger partial charge is 0.272 e. The minimum atomic E-state index is -4.15. The molecule has 0 bridgehead atoms. The number of sulfonamides is 1. The van der Waals surface area contributed by atoms with Gasteiger partial charge in [-0.25, -0.2) is 17.2 Å². The SMILES string of the molecule is O=c1[nH]cccc1NS(=O)(=O)c1ccc(F)c(F)c1. The summed E-state index contributed by atoms with van der Waals surface area (Å²) < 4.78 is 51.4. The van der Waals surface area contributed by atoms with E-state index in [-0.39, 0.29) is 5.69 Å². The molecule has 5 nitrogen and oxygen atoms in total. The Morgan fingerprint density at radius 1 is 1.11 bits per heavy atom. The minimum absolute atomic E-state index is 0.216. The number of H-pyrrole nitrogens is 1. The van der Waals surface area contributed by atoms with Gasteiger partial charge < -0.3 is 4.98 Å². The summed E-state index contributed by atoms with van der Waals surface area (Å²) >= 11 is 0. The molecule has 0 amide bonds. The van der Waals surface area contributed by atoms with Crippen LogP contribution in [0.4, 0.5) is 14.5 Å². The number of anilines is 1. The van der Waals surface area contributed by atoms with Gasteiger partial charge in [-0.3, -0.25) is 9.52 Å². The maximum Gasteiger partial charge on any atom is 0.272 e. The van der Waals surface area contributed by atoms with E-state index in [2.05, 4.69) is 4.98 Å². The predicted octanol–water partition coefficient (Wildman–Crippen LogP) is 1.45. The van der Waals surface area contributed by atoms with E-state index < -0.39 is 32.1 Å². The lowest BCUT2D eigenvalue weighted by Crippen LogP contribution is -2.19. The van der Waals surface area contributed by atoms with Gasteiger partial charge in [0, 0.05) is 6.20 Å². The second kappa shape index (κ2) is 4.81. The van der Waals surface area contributed by atoms with E-state index in [0.29, 0.717) is 12.1 Å². The molecule has 100 valence electrons. The summed E-state index contributed by atoms with van der Waals surface area (Å²) in [5, 5.41) is 0. The molecular formula is C11H8F2N2O3S. The van der Waals surface area contributed by atoms with Gasteiger partial charge in [0.1, 0.15) is 5.69 Å². The van der Waals surface area contributed by atoms with Crippen molar-refractivity contribution in [3.05, 3.63) is 58.5 Å². The number of nitrogens with one attached hydrogen (secondary N) is 2. The maximum atomic E-state index is 13.0. The fourth-order valence-corrected chi connectivity index (χ4v) is 2.42. The fraction of sp³-hybridized carbons (Fsp3) is 0. The van der Waals surface area contributed by atoms with Gasteiger partial charge in [0.25, 0.3) is 15.6 Å². The topological polar surface area (TPSA) is 79.0 Å². The molecule has 0 radical (unpaired) electrons. The Balaban J connectivity index is 2.41. The second-order valence-corrected chi connectivity index (χ2v) is 5.28. The largest absolute Gasteiger partial charge is 0.327 e. The van der Waals surface area contributed by atoms with E-state index in [1.54, 1.807) is 0 Å². The summed E-state index contributed by atoms with van der Waals surface area (Å²) in [6.45, 7) is 0. The van der Waals surface area contributed by atoms with Crippen LogP contribution in [0.15, 0.2) is 46.2 Å². The van der Waals surface area contributed by atoms with E-state index in [0.717, 1.165) is 6.07 Å². The zero-order valence-electron chi connectivity index (χ0n) is 9.35. The molecule has 0 saturated heterocycles. The van der Waals surface area contributed by atoms with Crippen LogP contribution in [0.25, 0.3) is 0 Å². The molecule has 0 saturated carbocycles. The van der Waals surface area contributed by atoms with Crippen molar-refractivity contribution in [2.24, 2.45) is 0 Å². The number of pyridine rings is 1. The van der Waals surface area contributed by atoms with Crippen molar-refractivity contribution in [3.8, 4) is 0 Å². The molecule has 0 aliphatic rings. The van der Waals surface area contributed by atoms with Gasteiger partial charge in [-0.05, 0) is 30.3 Å². The van der Waals surface area contributed by atoms with Crippen LogP contribution in [-0.4, -0.2) is 13.4 Å². The highest BCUT2D eigenvalue weighted by atomic mass is 32.2. The maximum absolute atomic E-state index is 13.0. The first-order valence-corrected chi connectivity index (χ1v) is 6.54. The first-order valence-electron chi connectivity index (χ1n) is 5.06. The normalized spacial score (nSPS) is 11.3. The predicted molar refractivity (Wildman–Crippen MR) is 64.2 cm³/mol. The molecule has 0 unspecified atom stereocenters. The molecule has 2 rings (SSSR count). The van der Waals surface area contributed by atoms with Gasteiger partial charge in [-0.15, -0.1) is 0 Å². The van der Waals surface area contributed by atoms with Crippen molar-refractivity contribution in [1.29, 1.82) is 0 Å². The first-order chi connectivity index (χ1) is 8.90. The van der Waals surface area contributed by atoms with E-state index >= 15 is 0 Å². The second-order valence-electron chi connectivity index (χ2n) is 3.59. The molecule has 1 heterocycles. The number of rotatable bonds is 3. The van der Waals surface area contributed by atoms with Crippen molar-refractivity contribution in [2.75, 3.05) is 4.72 Å². The Morgan fingerprint density at radius 2 is 1.84 bits per heavy atom. The van der Waals surface area contributed by atoms with E-state index in [9.17, 15) is 22.0 Å². The standard InChI is InChI=1S/C11H8F2N2O3S/c12-8-4-3-7(6-9(8)13)19(17,18)15-10-2-1-5-14-11(10)16/h1-6,15H,(H,14,16). The first kappa shape index (κ1) is 13.2. The highest BCUT2D eigenvalue weighted by Crippen LogP contribution is 2.16. The Hall–Kier alpha value is -2.22. The lowest BCUT2D eigenvalue weighted by Gasteiger charge is -2.07. The van der Waals surface area contributed by atoms with Crippen molar-refractivity contribution in [1.82, 2.24) is 4.98 Å². The van der Waals surface area contributed by atoms with Crippen LogP contribution in [0, 0.1) is 11.6 Å². The van der Waals surface area contributed by atoms with Gasteiger partial charge in [-0.2, -0.15) is 0 Å². The van der Waals surface area contributed by atoms with E-state index in [1.807, 2.05) is 4.72 Å². The lowest BCUT2D eigenvalue weighted by molar-refractivity contribution is 0.504. The van der Waals surface area contributed by atoms with Crippen molar-refractivity contribution in [2.45, 2.75) is 4.90 Å². The van der Waals surface area contributed by atoms with Crippen LogP contribution >= 0.6 is 0 Å². The summed E-state index contributed by atoms with van der Waals surface area (Å²) in [7, 11) is -4.15. The molecule has 1 aromatic heterocycles. The quantitative estimate of drug-likeness (QED) is 0.896. The van der Waals surface area contributed by atoms with E-state index in [1.165, 1.54) is 18.3 Å².